The number of aromatic nitrogens is 4. The first-order chi connectivity index (χ1) is 17.6. The van der Waals surface area contributed by atoms with Gasteiger partial charge in [0.05, 0.1) is 38.1 Å². The first kappa shape index (κ1) is 25.4. The van der Waals surface area contributed by atoms with E-state index in [9.17, 15) is 27.2 Å². The molecule has 0 bridgehead atoms. The van der Waals surface area contributed by atoms with Crippen molar-refractivity contribution in [2.45, 2.75) is 12.9 Å². The number of anilines is 2. The summed E-state index contributed by atoms with van der Waals surface area (Å²) >= 11 is 0. The minimum absolute atomic E-state index is 0.0205. The minimum Gasteiger partial charge on any atom is -0.493 e. The van der Waals surface area contributed by atoms with E-state index in [4.69, 9.17) is 14.2 Å². The van der Waals surface area contributed by atoms with Crippen LogP contribution >= 0.6 is 0 Å². The van der Waals surface area contributed by atoms with E-state index in [1.54, 1.807) is 0 Å². The summed E-state index contributed by atoms with van der Waals surface area (Å²) in [6.07, 6.45) is -5.26. The average Bonchev–Trinajstić information content (AvgIpc) is 2.86. The van der Waals surface area contributed by atoms with Gasteiger partial charge in [-0.25, -0.2) is 24.1 Å². The maximum Gasteiger partial charge on any atom is 0.491 e. The van der Waals surface area contributed by atoms with Crippen LogP contribution in [0.1, 0.15) is 5.69 Å². The highest BCUT2D eigenvalue weighted by atomic mass is 19.4. The van der Waals surface area contributed by atoms with E-state index in [-0.39, 0.29) is 28.5 Å². The van der Waals surface area contributed by atoms with E-state index in [2.05, 4.69) is 30.0 Å². The normalized spacial score (nSPS) is 11.4. The van der Waals surface area contributed by atoms with Gasteiger partial charge >= 0.3 is 12.1 Å². The Bertz CT molecular complexity index is 1570. The molecule has 37 heavy (non-hydrogen) atoms. The van der Waals surface area contributed by atoms with Crippen molar-refractivity contribution in [1.29, 1.82) is 0 Å². The molecule has 15 heteroatoms. The van der Waals surface area contributed by atoms with Gasteiger partial charge in [0.15, 0.2) is 23.0 Å². The summed E-state index contributed by atoms with van der Waals surface area (Å²) in [5.41, 5.74) is -0.530. The molecule has 2 aromatic heterocycles. The van der Waals surface area contributed by atoms with Crippen LogP contribution in [0.5, 0.6) is 23.0 Å². The largest absolute Gasteiger partial charge is 0.493 e. The van der Waals surface area contributed by atoms with Gasteiger partial charge in [-0.05, 0) is 18.2 Å². The van der Waals surface area contributed by atoms with Gasteiger partial charge in [0.25, 0.3) is 5.56 Å². The Labute approximate surface area is 204 Å². The maximum atomic E-state index is 13.8. The lowest BCUT2D eigenvalue weighted by Crippen LogP contribution is -2.28. The monoisotopic (exact) mass is 523 g/mol. The highest BCUT2D eigenvalue weighted by Crippen LogP contribution is 2.35. The van der Waals surface area contributed by atoms with E-state index < -0.39 is 35.9 Å². The average molecular weight is 523 g/mol. The number of carbonyl (C=O) groups is 1. The van der Waals surface area contributed by atoms with E-state index in [1.165, 1.54) is 26.4 Å². The van der Waals surface area contributed by atoms with E-state index in [0.717, 1.165) is 19.2 Å². The van der Waals surface area contributed by atoms with E-state index >= 15 is 0 Å². The number of halogens is 4. The number of benzene rings is 2. The molecule has 2 aromatic carbocycles. The Morgan fingerprint density at radius 1 is 0.973 bits per heavy atom. The molecule has 0 aliphatic heterocycles. The van der Waals surface area contributed by atoms with Crippen LogP contribution in [0.15, 0.2) is 29.1 Å². The van der Waals surface area contributed by atoms with Crippen LogP contribution in [-0.2, 0) is 11.5 Å². The molecule has 0 amide bonds. The molecule has 0 fully saturated rings. The molecule has 2 heterocycles. The number of rotatable bonds is 7. The van der Waals surface area contributed by atoms with Crippen molar-refractivity contribution in [2.24, 2.45) is 0 Å². The molecule has 0 saturated carbocycles. The summed E-state index contributed by atoms with van der Waals surface area (Å²) in [7, 11) is 3.93. The predicted octanol–water partition coefficient (Wildman–Crippen LogP) is 3.57. The Balaban J connectivity index is 1.76. The fraction of sp³-hybridized carbons (Fsp3) is 0.227. The molecular weight excluding hydrogens is 506 g/mol. The molecule has 11 nitrogen and oxygen atoms in total. The maximum absolute atomic E-state index is 13.8. The lowest BCUT2D eigenvalue weighted by Gasteiger charge is -2.13. The fourth-order valence-corrected chi connectivity index (χ4v) is 3.47. The molecule has 4 rings (SSSR count). The summed E-state index contributed by atoms with van der Waals surface area (Å²) < 4.78 is 71.4. The first-order valence-electron chi connectivity index (χ1n) is 10.2. The minimum atomic E-state index is -5.26. The number of esters is 1. The molecule has 0 spiro atoms. The van der Waals surface area contributed by atoms with Crippen molar-refractivity contribution in [1.82, 2.24) is 19.9 Å². The number of fused-ring (bicyclic) bond motifs is 2. The van der Waals surface area contributed by atoms with Gasteiger partial charge in [0.1, 0.15) is 12.1 Å². The standard InChI is InChI=1S/C22H17F4N5O6/c1-34-14-6-9-11(7-15(14)35-2)28-20(29-12(9)8-23)31-21-27-10-4-5-13(37-19(33)22(24,25)26)17(36-3)16(10)18(32)30-21/h4-7H,8H2,1-3H3,(H2,27,28,29,30,31,32). The Hall–Kier alpha value is -4.69. The number of H-pyrrole nitrogens is 1. The van der Waals surface area contributed by atoms with Crippen LogP contribution in [0.4, 0.5) is 29.5 Å². The SMILES string of the molecule is COc1cc2nc(Nc3nc4ccc(OC(=O)C(F)(F)F)c(OC)c4c(=O)[nH]3)nc(CF)c2cc1OC. The third-order valence-electron chi connectivity index (χ3n) is 5.07. The first-order valence-corrected chi connectivity index (χ1v) is 10.2. The van der Waals surface area contributed by atoms with Crippen LogP contribution in [0.25, 0.3) is 21.8 Å². The van der Waals surface area contributed by atoms with Gasteiger partial charge in [-0.15, -0.1) is 0 Å². The summed E-state index contributed by atoms with van der Waals surface area (Å²) in [6, 6.07) is 5.20. The number of ether oxygens (including phenoxy) is 4. The third kappa shape index (κ3) is 4.87. The number of methoxy groups -OCH3 is 3. The number of carbonyl (C=O) groups excluding carboxylic acids is 1. The molecule has 0 radical (unpaired) electrons. The quantitative estimate of drug-likeness (QED) is 0.210. The Morgan fingerprint density at radius 2 is 1.68 bits per heavy atom. The van der Waals surface area contributed by atoms with Gasteiger partial charge in [-0.1, -0.05) is 0 Å². The molecule has 0 aliphatic carbocycles. The smallest absolute Gasteiger partial charge is 0.491 e. The van der Waals surface area contributed by atoms with Crippen molar-refractivity contribution in [3.63, 3.8) is 0 Å². The van der Waals surface area contributed by atoms with Gasteiger partial charge in [-0.2, -0.15) is 13.2 Å². The number of alkyl halides is 4. The van der Waals surface area contributed by atoms with Crippen molar-refractivity contribution < 1.29 is 41.3 Å². The number of hydrogen-bond donors (Lipinski definition) is 2. The van der Waals surface area contributed by atoms with E-state index in [1.807, 2.05) is 0 Å². The van der Waals surface area contributed by atoms with Crippen LogP contribution in [0, 0.1) is 0 Å². The van der Waals surface area contributed by atoms with Crippen molar-refractivity contribution >= 4 is 39.7 Å². The van der Waals surface area contributed by atoms with E-state index in [0.29, 0.717) is 22.4 Å². The summed E-state index contributed by atoms with van der Waals surface area (Å²) in [5, 5.41) is 2.77. The summed E-state index contributed by atoms with van der Waals surface area (Å²) in [5.74, 6) is -3.13. The van der Waals surface area contributed by atoms with Crippen molar-refractivity contribution in [3.8, 4) is 23.0 Å². The van der Waals surface area contributed by atoms with Crippen LogP contribution in [0.3, 0.4) is 0 Å². The van der Waals surface area contributed by atoms with Crippen LogP contribution in [0.2, 0.25) is 0 Å². The second kappa shape index (κ2) is 9.75. The molecule has 0 aliphatic rings. The van der Waals surface area contributed by atoms with Crippen molar-refractivity contribution in [3.05, 3.63) is 40.3 Å². The van der Waals surface area contributed by atoms with Gasteiger partial charge in [0.2, 0.25) is 11.9 Å². The molecule has 0 unspecified atom stereocenters. The third-order valence-corrected chi connectivity index (χ3v) is 5.07. The lowest BCUT2D eigenvalue weighted by atomic mass is 10.1. The van der Waals surface area contributed by atoms with Gasteiger partial charge in [0, 0.05) is 11.5 Å². The Kier molecular flexibility index (Phi) is 6.70. The zero-order valence-electron chi connectivity index (χ0n) is 19.3. The van der Waals surface area contributed by atoms with Crippen LogP contribution in [-0.4, -0.2) is 53.4 Å². The highest BCUT2D eigenvalue weighted by Gasteiger charge is 2.42. The van der Waals surface area contributed by atoms with Crippen LogP contribution < -0.4 is 29.8 Å². The molecular formula is C22H17F4N5O6. The molecule has 194 valence electrons. The molecule has 0 saturated heterocycles. The molecule has 4 aromatic rings. The zero-order valence-corrected chi connectivity index (χ0v) is 19.3. The number of aromatic amines is 1. The highest BCUT2D eigenvalue weighted by molar-refractivity contribution is 5.90. The summed E-state index contributed by atoms with van der Waals surface area (Å²) in [6.45, 7) is -0.943. The predicted molar refractivity (Wildman–Crippen MR) is 121 cm³/mol. The lowest BCUT2D eigenvalue weighted by molar-refractivity contribution is -0.189. The zero-order chi connectivity index (χ0) is 26.9. The molecule has 0 atom stereocenters. The second-order valence-corrected chi connectivity index (χ2v) is 7.27. The van der Waals surface area contributed by atoms with Gasteiger partial charge in [-0.3, -0.25) is 15.1 Å². The molecule has 2 N–H and O–H groups in total. The number of nitrogens with zero attached hydrogens (tertiary/aromatic N) is 3. The topological polar surface area (TPSA) is 138 Å². The fourth-order valence-electron chi connectivity index (χ4n) is 3.47. The van der Waals surface area contributed by atoms with Crippen molar-refractivity contribution in [2.75, 3.05) is 26.6 Å². The Morgan fingerprint density at radius 3 is 2.30 bits per heavy atom. The number of hydrogen-bond acceptors (Lipinski definition) is 10. The number of nitrogens with one attached hydrogen (secondary N) is 2. The second-order valence-electron chi connectivity index (χ2n) is 7.27. The van der Waals surface area contributed by atoms with Gasteiger partial charge < -0.3 is 18.9 Å². The summed E-state index contributed by atoms with van der Waals surface area (Å²) in [4.78, 5) is 39.0.